The van der Waals surface area contributed by atoms with Crippen molar-refractivity contribution in [2.75, 3.05) is 26.1 Å². The molecule has 2 N–H and O–H groups in total. The zero-order valence-corrected chi connectivity index (χ0v) is 15.2. The molecule has 1 aliphatic rings. The predicted molar refractivity (Wildman–Crippen MR) is 98.3 cm³/mol. The fourth-order valence-corrected chi connectivity index (χ4v) is 3.08. The molecule has 2 aromatic heterocycles. The van der Waals surface area contributed by atoms with Gasteiger partial charge < -0.3 is 20.1 Å². The summed E-state index contributed by atoms with van der Waals surface area (Å²) in [7, 11) is 5.36. The van der Waals surface area contributed by atoms with Crippen LogP contribution in [-0.2, 0) is 0 Å². The van der Waals surface area contributed by atoms with Gasteiger partial charge in [-0.1, -0.05) is 6.07 Å². The lowest BCUT2D eigenvalue weighted by molar-refractivity contribution is 0.0234. The van der Waals surface area contributed by atoms with Gasteiger partial charge in [-0.25, -0.2) is 9.97 Å². The van der Waals surface area contributed by atoms with Gasteiger partial charge in [-0.3, -0.25) is 4.79 Å². The summed E-state index contributed by atoms with van der Waals surface area (Å²) in [6, 6.07) is 7.03. The first kappa shape index (κ1) is 18.1. The maximum Gasteiger partial charge on any atom is 0.253 e. The SMILES string of the molecule is COc1ccc([C@@H](NC(=O)c2ccc(N(C)C)nc2)C2CC(O)C2)cn1. The number of methoxy groups -OCH3 is 1. The van der Waals surface area contributed by atoms with Gasteiger partial charge in [-0.2, -0.15) is 0 Å². The first-order valence-electron chi connectivity index (χ1n) is 8.60. The van der Waals surface area contributed by atoms with Crippen LogP contribution in [0.2, 0.25) is 0 Å². The summed E-state index contributed by atoms with van der Waals surface area (Å²) >= 11 is 0. The van der Waals surface area contributed by atoms with Crippen molar-refractivity contribution in [3.05, 3.63) is 47.8 Å². The van der Waals surface area contributed by atoms with Crippen LogP contribution in [0.3, 0.4) is 0 Å². The molecule has 0 aliphatic heterocycles. The van der Waals surface area contributed by atoms with Crippen molar-refractivity contribution < 1.29 is 14.6 Å². The first-order chi connectivity index (χ1) is 12.5. The van der Waals surface area contributed by atoms with E-state index in [9.17, 15) is 9.90 Å². The molecule has 26 heavy (non-hydrogen) atoms. The summed E-state index contributed by atoms with van der Waals surface area (Å²) in [4.78, 5) is 23.1. The van der Waals surface area contributed by atoms with Crippen LogP contribution in [0.4, 0.5) is 5.82 Å². The van der Waals surface area contributed by atoms with Crippen molar-refractivity contribution in [1.29, 1.82) is 0 Å². The molecule has 1 atom stereocenters. The van der Waals surface area contributed by atoms with Crippen molar-refractivity contribution in [3.8, 4) is 5.88 Å². The number of carbonyl (C=O) groups is 1. The Bertz CT molecular complexity index is 740. The van der Waals surface area contributed by atoms with Crippen molar-refractivity contribution in [3.63, 3.8) is 0 Å². The summed E-state index contributed by atoms with van der Waals surface area (Å²) < 4.78 is 5.10. The van der Waals surface area contributed by atoms with Crippen LogP contribution >= 0.6 is 0 Å². The average molecular weight is 356 g/mol. The Morgan fingerprint density at radius 2 is 2.00 bits per heavy atom. The van der Waals surface area contributed by atoms with Crippen molar-refractivity contribution in [2.45, 2.75) is 25.0 Å². The smallest absolute Gasteiger partial charge is 0.253 e. The van der Waals surface area contributed by atoms with Crippen LogP contribution < -0.4 is 15.0 Å². The maximum atomic E-state index is 12.7. The van der Waals surface area contributed by atoms with Gasteiger partial charge >= 0.3 is 0 Å². The minimum Gasteiger partial charge on any atom is -0.481 e. The van der Waals surface area contributed by atoms with Crippen molar-refractivity contribution in [2.24, 2.45) is 5.92 Å². The van der Waals surface area contributed by atoms with E-state index in [-0.39, 0.29) is 24.0 Å². The lowest BCUT2D eigenvalue weighted by Crippen LogP contribution is -2.41. The van der Waals surface area contributed by atoms with E-state index in [0.29, 0.717) is 24.3 Å². The van der Waals surface area contributed by atoms with E-state index in [1.54, 1.807) is 31.6 Å². The zero-order chi connectivity index (χ0) is 18.7. The molecule has 1 amide bonds. The highest BCUT2D eigenvalue weighted by atomic mass is 16.5. The molecule has 138 valence electrons. The number of rotatable bonds is 6. The number of nitrogens with zero attached hydrogens (tertiary/aromatic N) is 3. The molecule has 0 saturated heterocycles. The largest absolute Gasteiger partial charge is 0.481 e. The minimum absolute atomic E-state index is 0.179. The average Bonchev–Trinajstić information content (AvgIpc) is 2.64. The Morgan fingerprint density at radius 1 is 1.23 bits per heavy atom. The number of hydrogen-bond acceptors (Lipinski definition) is 6. The third-order valence-electron chi connectivity index (χ3n) is 4.70. The van der Waals surface area contributed by atoms with E-state index in [1.165, 1.54) is 0 Å². The molecule has 0 aromatic carbocycles. The lowest BCUT2D eigenvalue weighted by atomic mass is 9.75. The van der Waals surface area contributed by atoms with Crippen molar-refractivity contribution >= 4 is 11.7 Å². The summed E-state index contributed by atoms with van der Waals surface area (Å²) in [6.07, 6.45) is 4.31. The third kappa shape index (κ3) is 3.94. The topological polar surface area (TPSA) is 87.6 Å². The van der Waals surface area contributed by atoms with E-state index >= 15 is 0 Å². The molecule has 1 aliphatic carbocycles. The molecule has 1 saturated carbocycles. The highest BCUT2D eigenvalue weighted by Crippen LogP contribution is 2.38. The van der Waals surface area contributed by atoms with Crippen LogP contribution in [0.1, 0.15) is 34.8 Å². The van der Waals surface area contributed by atoms with Crippen LogP contribution in [0.15, 0.2) is 36.7 Å². The molecule has 7 nitrogen and oxygen atoms in total. The molecule has 0 bridgehead atoms. The number of ether oxygens (including phenoxy) is 1. The van der Waals surface area contributed by atoms with Gasteiger partial charge in [0, 0.05) is 32.6 Å². The van der Waals surface area contributed by atoms with Crippen molar-refractivity contribution in [1.82, 2.24) is 15.3 Å². The summed E-state index contributed by atoms with van der Waals surface area (Å²) in [5, 5.41) is 12.7. The summed E-state index contributed by atoms with van der Waals surface area (Å²) in [5.41, 5.74) is 1.40. The van der Waals surface area contributed by atoms with E-state index in [1.807, 2.05) is 31.1 Å². The molecule has 0 spiro atoms. The number of aromatic nitrogens is 2. The van der Waals surface area contributed by atoms with E-state index in [2.05, 4.69) is 15.3 Å². The van der Waals surface area contributed by atoms with E-state index in [4.69, 9.17) is 4.74 Å². The zero-order valence-electron chi connectivity index (χ0n) is 15.2. The number of pyridine rings is 2. The maximum absolute atomic E-state index is 12.7. The fraction of sp³-hybridized carbons (Fsp3) is 0.421. The number of hydrogen-bond donors (Lipinski definition) is 2. The minimum atomic E-state index is -0.299. The molecular weight excluding hydrogens is 332 g/mol. The standard InChI is InChI=1S/C19H24N4O3/c1-23(2)16-6-4-13(11-20-16)19(25)22-18(14-8-15(24)9-14)12-5-7-17(26-3)21-10-12/h4-7,10-11,14-15,18,24H,8-9H2,1-3H3,(H,22,25)/t14?,15?,18-/m1/s1. The number of aliphatic hydroxyl groups is 1. The normalized spacial score (nSPS) is 20.0. The van der Waals surface area contributed by atoms with Gasteiger partial charge in [0.05, 0.1) is 24.8 Å². The van der Waals surface area contributed by atoms with Gasteiger partial charge in [-0.05, 0) is 36.5 Å². The monoisotopic (exact) mass is 356 g/mol. The third-order valence-corrected chi connectivity index (χ3v) is 4.70. The number of anilines is 1. The number of nitrogens with one attached hydrogen (secondary N) is 1. The Kier molecular flexibility index (Phi) is 5.37. The van der Waals surface area contributed by atoms with Crippen LogP contribution in [0.25, 0.3) is 0 Å². The Labute approximate surface area is 153 Å². The molecule has 2 aromatic rings. The van der Waals surface area contributed by atoms with Gasteiger partial charge in [0.15, 0.2) is 0 Å². The summed E-state index contributed by atoms with van der Waals surface area (Å²) in [5.74, 6) is 1.30. The highest BCUT2D eigenvalue weighted by Gasteiger charge is 2.36. The van der Waals surface area contributed by atoms with Gasteiger partial charge in [0.1, 0.15) is 5.82 Å². The molecule has 1 fully saturated rings. The molecular formula is C19H24N4O3. The van der Waals surface area contributed by atoms with Crippen LogP contribution in [0, 0.1) is 5.92 Å². The molecule has 0 radical (unpaired) electrons. The van der Waals surface area contributed by atoms with E-state index in [0.717, 1.165) is 11.4 Å². The Morgan fingerprint density at radius 3 is 2.50 bits per heavy atom. The predicted octanol–water partition coefficient (Wildman–Crippen LogP) is 1.79. The molecule has 3 rings (SSSR count). The van der Waals surface area contributed by atoms with Crippen LogP contribution in [0.5, 0.6) is 5.88 Å². The quantitative estimate of drug-likeness (QED) is 0.821. The molecule has 7 heteroatoms. The lowest BCUT2D eigenvalue weighted by Gasteiger charge is -2.38. The fourth-order valence-electron chi connectivity index (χ4n) is 3.08. The second-order valence-electron chi connectivity index (χ2n) is 6.77. The Hall–Kier alpha value is -2.67. The second kappa shape index (κ2) is 7.70. The van der Waals surface area contributed by atoms with Crippen LogP contribution in [-0.4, -0.2) is 48.3 Å². The number of aliphatic hydroxyl groups excluding tert-OH is 1. The number of carbonyl (C=O) groups excluding carboxylic acids is 1. The molecule has 0 unspecified atom stereocenters. The van der Waals surface area contributed by atoms with Gasteiger partial charge in [0.25, 0.3) is 5.91 Å². The Balaban J connectivity index is 1.77. The molecule has 2 heterocycles. The van der Waals surface area contributed by atoms with Gasteiger partial charge in [0.2, 0.25) is 5.88 Å². The first-order valence-corrected chi connectivity index (χ1v) is 8.60. The van der Waals surface area contributed by atoms with Gasteiger partial charge in [-0.15, -0.1) is 0 Å². The second-order valence-corrected chi connectivity index (χ2v) is 6.77. The van der Waals surface area contributed by atoms with E-state index < -0.39 is 0 Å². The highest BCUT2D eigenvalue weighted by molar-refractivity contribution is 5.94. The number of amides is 1. The summed E-state index contributed by atoms with van der Waals surface area (Å²) in [6.45, 7) is 0.